The molecule has 3 rings (SSSR count). The number of quaternary nitrogens is 1. The topological polar surface area (TPSA) is 49.3 Å². The van der Waals surface area contributed by atoms with E-state index in [1.165, 1.54) is 25.9 Å². The molecule has 3 heterocycles. The summed E-state index contributed by atoms with van der Waals surface area (Å²) in [7, 11) is 1.71. The SMILES string of the molecule is COCCn1c(-c2ccncc2)nn(C[NH+]2CCC(C)CC2)c1=S. The van der Waals surface area contributed by atoms with E-state index in [-0.39, 0.29) is 0 Å². The number of methoxy groups -OCH3 is 1. The van der Waals surface area contributed by atoms with Gasteiger partial charge in [0.15, 0.2) is 12.5 Å². The molecule has 6 nitrogen and oxygen atoms in total. The lowest BCUT2D eigenvalue weighted by Gasteiger charge is -2.26. The summed E-state index contributed by atoms with van der Waals surface area (Å²) in [4.78, 5) is 5.65. The molecular formula is C17H26N5OS+. The Morgan fingerprint density at radius 1 is 1.29 bits per heavy atom. The maximum Gasteiger partial charge on any atom is 0.203 e. The minimum atomic E-state index is 0.617. The van der Waals surface area contributed by atoms with Crippen LogP contribution in [0, 0.1) is 10.7 Å². The number of nitrogens with zero attached hydrogens (tertiary/aromatic N) is 4. The fraction of sp³-hybridized carbons (Fsp3) is 0.588. The Morgan fingerprint density at radius 2 is 2.00 bits per heavy atom. The van der Waals surface area contributed by atoms with Crippen LogP contribution in [0.15, 0.2) is 24.5 Å². The lowest BCUT2D eigenvalue weighted by Crippen LogP contribution is -3.12. The number of pyridine rings is 1. The van der Waals surface area contributed by atoms with E-state index in [2.05, 4.69) is 16.5 Å². The first-order valence-corrected chi connectivity index (χ1v) is 9.00. The molecule has 0 atom stereocenters. The maximum atomic E-state index is 5.70. The molecule has 0 bridgehead atoms. The van der Waals surface area contributed by atoms with Gasteiger partial charge in [-0.25, -0.2) is 0 Å². The highest BCUT2D eigenvalue weighted by atomic mass is 32.1. The van der Waals surface area contributed by atoms with E-state index in [1.54, 1.807) is 24.4 Å². The van der Waals surface area contributed by atoms with E-state index in [0.717, 1.165) is 28.7 Å². The Bertz CT molecular complexity index is 704. The molecular weight excluding hydrogens is 322 g/mol. The van der Waals surface area contributed by atoms with Gasteiger partial charge in [-0.3, -0.25) is 9.55 Å². The molecule has 1 aliphatic heterocycles. The van der Waals surface area contributed by atoms with Crippen LogP contribution < -0.4 is 4.90 Å². The minimum Gasteiger partial charge on any atom is -0.383 e. The quantitative estimate of drug-likeness (QED) is 0.802. The second-order valence-corrected chi connectivity index (χ2v) is 6.94. The van der Waals surface area contributed by atoms with E-state index in [1.807, 2.05) is 16.8 Å². The van der Waals surface area contributed by atoms with Crippen molar-refractivity contribution in [3.8, 4) is 11.4 Å². The Hall–Kier alpha value is -1.57. The fourth-order valence-electron chi connectivity index (χ4n) is 3.18. The van der Waals surface area contributed by atoms with E-state index in [9.17, 15) is 0 Å². The average molecular weight is 348 g/mol. The molecule has 0 aromatic carbocycles. The third-order valence-corrected chi connectivity index (χ3v) is 5.17. The van der Waals surface area contributed by atoms with Gasteiger partial charge in [-0.1, -0.05) is 6.92 Å². The summed E-state index contributed by atoms with van der Waals surface area (Å²) in [5, 5.41) is 4.82. The zero-order chi connectivity index (χ0) is 16.9. The Kier molecular flexibility index (Phi) is 5.76. The van der Waals surface area contributed by atoms with Gasteiger partial charge in [0.1, 0.15) is 0 Å². The van der Waals surface area contributed by atoms with Crippen molar-refractivity contribution < 1.29 is 9.64 Å². The first-order valence-electron chi connectivity index (χ1n) is 8.59. The van der Waals surface area contributed by atoms with Crippen molar-refractivity contribution in [3.63, 3.8) is 0 Å². The molecule has 1 fully saturated rings. The molecule has 2 aromatic heterocycles. The van der Waals surface area contributed by atoms with Gasteiger partial charge in [0.05, 0.1) is 26.2 Å². The predicted molar refractivity (Wildman–Crippen MR) is 95.3 cm³/mol. The predicted octanol–water partition coefficient (Wildman–Crippen LogP) is 1.39. The first-order chi connectivity index (χ1) is 11.7. The van der Waals surface area contributed by atoms with Crippen LogP contribution in [-0.2, 0) is 18.0 Å². The minimum absolute atomic E-state index is 0.617. The molecule has 0 aliphatic carbocycles. The molecule has 0 unspecified atom stereocenters. The maximum absolute atomic E-state index is 5.70. The Labute approximate surface area is 148 Å². The van der Waals surface area contributed by atoms with E-state index >= 15 is 0 Å². The van der Waals surface area contributed by atoms with Crippen molar-refractivity contribution >= 4 is 12.2 Å². The van der Waals surface area contributed by atoms with Crippen LogP contribution >= 0.6 is 12.2 Å². The number of rotatable bonds is 6. The number of hydrogen-bond donors (Lipinski definition) is 1. The molecule has 1 N–H and O–H groups in total. The smallest absolute Gasteiger partial charge is 0.203 e. The summed E-state index contributed by atoms with van der Waals surface area (Å²) >= 11 is 5.70. The average Bonchev–Trinajstić information content (AvgIpc) is 2.92. The molecule has 0 amide bonds. The van der Waals surface area contributed by atoms with Gasteiger partial charge in [-0.2, -0.15) is 4.68 Å². The van der Waals surface area contributed by atoms with Crippen molar-refractivity contribution in [1.29, 1.82) is 0 Å². The molecule has 0 spiro atoms. The third-order valence-electron chi connectivity index (χ3n) is 4.74. The van der Waals surface area contributed by atoms with Crippen molar-refractivity contribution in [1.82, 2.24) is 19.3 Å². The van der Waals surface area contributed by atoms with Crippen LogP contribution in [0.2, 0.25) is 0 Å². The lowest BCUT2D eigenvalue weighted by atomic mass is 10.00. The molecule has 1 aliphatic rings. The highest BCUT2D eigenvalue weighted by molar-refractivity contribution is 7.71. The van der Waals surface area contributed by atoms with Crippen molar-refractivity contribution in [2.24, 2.45) is 5.92 Å². The van der Waals surface area contributed by atoms with Gasteiger partial charge in [-0.15, -0.1) is 5.10 Å². The number of ether oxygens (including phenoxy) is 1. The van der Waals surface area contributed by atoms with Crippen LogP contribution in [-0.4, -0.2) is 46.1 Å². The highest BCUT2D eigenvalue weighted by Crippen LogP contribution is 2.17. The van der Waals surface area contributed by atoms with E-state index in [4.69, 9.17) is 22.1 Å². The summed E-state index contributed by atoms with van der Waals surface area (Å²) < 4.78 is 10.1. The van der Waals surface area contributed by atoms with Gasteiger partial charge in [-0.05, 0) is 43.1 Å². The monoisotopic (exact) mass is 348 g/mol. The molecule has 0 saturated carbocycles. The third kappa shape index (κ3) is 3.91. The zero-order valence-electron chi connectivity index (χ0n) is 14.4. The summed E-state index contributed by atoms with van der Waals surface area (Å²) in [6.45, 7) is 6.88. The molecule has 130 valence electrons. The van der Waals surface area contributed by atoms with Gasteiger partial charge in [0.2, 0.25) is 4.77 Å². The van der Waals surface area contributed by atoms with Crippen LogP contribution in [0.1, 0.15) is 19.8 Å². The van der Waals surface area contributed by atoms with Crippen LogP contribution in [0.4, 0.5) is 0 Å². The van der Waals surface area contributed by atoms with E-state index in [0.29, 0.717) is 13.2 Å². The lowest BCUT2D eigenvalue weighted by molar-refractivity contribution is -0.929. The second kappa shape index (κ2) is 8.00. The molecule has 1 saturated heterocycles. The zero-order valence-corrected chi connectivity index (χ0v) is 15.3. The summed E-state index contributed by atoms with van der Waals surface area (Å²) in [5.74, 6) is 1.73. The number of piperidine rings is 1. The molecule has 7 heteroatoms. The summed E-state index contributed by atoms with van der Waals surface area (Å²) in [5.41, 5.74) is 1.04. The van der Waals surface area contributed by atoms with Crippen molar-refractivity contribution in [2.75, 3.05) is 26.8 Å². The van der Waals surface area contributed by atoms with Gasteiger partial charge < -0.3 is 9.64 Å². The van der Waals surface area contributed by atoms with E-state index < -0.39 is 0 Å². The molecule has 2 aromatic rings. The normalized spacial score (nSPS) is 21.1. The van der Waals surface area contributed by atoms with Gasteiger partial charge in [0.25, 0.3) is 0 Å². The van der Waals surface area contributed by atoms with Crippen molar-refractivity contribution in [2.45, 2.75) is 33.0 Å². The number of aromatic nitrogens is 4. The summed E-state index contributed by atoms with van der Waals surface area (Å²) in [6, 6.07) is 3.94. The van der Waals surface area contributed by atoms with Gasteiger partial charge in [0, 0.05) is 25.1 Å². The van der Waals surface area contributed by atoms with Crippen molar-refractivity contribution in [3.05, 3.63) is 29.3 Å². The van der Waals surface area contributed by atoms with Crippen LogP contribution in [0.3, 0.4) is 0 Å². The van der Waals surface area contributed by atoms with Crippen LogP contribution in [0.25, 0.3) is 11.4 Å². The first kappa shape index (κ1) is 17.3. The Balaban J connectivity index is 1.87. The number of nitrogens with one attached hydrogen (secondary N) is 1. The standard InChI is InChI=1S/C17H25N5OS/c1-14-5-9-20(10-6-14)13-22-17(24)21(11-12-23-2)16(19-22)15-3-7-18-8-4-15/h3-4,7-8,14H,5-6,9-13H2,1-2H3/p+1. The second-order valence-electron chi connectivity index (χ2n) is 6.58. The molecule has 0 radical (unpaired) electrons. The number of likely N-dealkylation sites (tertiary alicyclic amines) is 1. The fourth-order valence-corrected chi connectivity index (χ4v) is 3.47. The van der Waals surface area contributed by atoms with Gasteiger partial charge >= 0.3 is 0 Å². The Morgan fingerprint density at radius 3 is 2.67 bits per heavy atom. The molecule has 24 heavy (non-hydrogen) atoms. The van der Waals surface area contributed by atoms with Crippen LogP contribution in [0.5, 0.6) is 0 Å². The highest BCUT2D eigenvalue weighted by Gasteiger charge is 2.21. The number of hydrogen-bond acceptors (Lipinski definition) is 4. The summed E-state index contributed by atoms with van der Waals surface area (Å²) in [6.07, 6.45) is 6.14. The largest absolute Gasteiger partial charge is 0.383 e.